The van der Waals surface area contributed by atoms with E-state index in [1.54, 1.807) is 69.6 Å². The minimum atomic E-state index is -0.931. The highest BCUT2D eigenvalue weighted by molar-refractivity contribution is 6.33. The highest BCUT2D eigenvalue weighted by Gasteiger charge is 2.70. The number of ketones is 1. The Kier molecular flexibility index (Phi) is 8.25. The molecule has 15 heteroatoms. The summed E-state index contributed by atoms with van der Waals surface area (Å²) in [4.78, 5) is 31.9. The average molecular weight is 730 g/mol. The topological polar surface area (TPSA) is 123 Å². The molecular formula is C35H36Cl2F2N6O5. The summed E-state index contributed by atoms with van der Waals surface area (Å²) in [5.41, 5.74) is -1.87. The molecule has 4 aromatic rings. The van der Waals surface area contributed by atoms with Crippen molar-refractivity contribution in [2.24, 2.45) is 10.8 Å². The molecule has 6 aliphatic rings. The fraction of sp³-hybridized carbons (Fsp3) is 0.486. The van der Waals surface area contributed by atoms with E-state index < -0.39 is 22.9 Å². The molecule has 0 unspecified atom stereocenters. The summed E-state index contributed by atoms with van der Waals surface area (Å²) in [6.07, 6.45) is 6.97. The van der Waals surface area contributed by atoms with Gasteiger partial charge in [0.15, 0.2) is 17.4 Å². The van der Waals surface area contributed by atoms with Crippen molar-refractivity contribution >= 4 is 35.0 Å². The van der Waals surface area contributed by atoms with Crippen LogP contribution >= 0.6 is 23.2 Å². The molecule has 6 saturated carbocycles. The summed E-state index contributed by atoms with van der Waals surface area (Å²) in [6.45, 7) is 7.76. The molecule has 11 nitrogen and oxygen atoms in total. The quantitative estimate of drug-likeness (QED) is 0.0926. The largest absolute Gasteiger partial charge is 0.476 e. The predicted octanol–water partition coefficient (Wildman–Crippen LogP) is 7.54. The number of Topliss-reactive ketones (excluding diaryl/α,β-unsaturated/α-hetero) is 1. The minimum Gasteiger partial charge on any atom is -0.476 e. The van der Waals surface area contributed by atoms with Crippen molar-refractivity contribution in [2.45, 2.75) is 83.2 Å². The number of aromatic nitrogens is 6. The van der Waals surface area contributed by atoms with Crippen LogP contribution in [0.4, 0.5) is 8.78 Å². The molecule has 0 spiro atoms. The smallest absolute Gasteiger partial charge is 0.341 e. The van der Waals surface area contributed by atoms with Gasteiger partial charge in [0.1, 0.15) is 27.2 Å². The zero-order valence-corrected chi connectivity index (χ0v) is 29.5. The van der Waals surface area contributed by atoms with Gasteiger partial charge in [-0.15, -0.1) is 10.2 Å². The van der Waals surface area contributed by atoms with E-state index in [9.17, 15) is 18.4 Å². The second-order valence-corrected chi connectivity index (χ2v) is 15.9. The first kappa shape index (κ1) is 34.4. The molecule has 0 saturated heterocycles. The van der Waals surface area contributed by atoms with Crippen LogP contribution in [0, 0.1) is 10.8 Å². The van der Waals surface area contributed by atoms with E-state index in [1.807, 2.05) is 0 Å². The number of esters is 1. The molecule has 50 heavy (non-hydrogen) atoms. The molecule has 0 N–H and O–H groups in total. The van der Waals surface area contributed by atoms with Gasteiger partial charge in [-0.25, -0.2) is 32.9 Å². The van der Waals surface area contributed by atoms with Gasteiger partial charge in [-0.05, 0) is 90.5 Å². The van der Waals surface area contributed by atoms with Crippen LogP contribution in [0.3, 0.4) is 0 Å². The molecular weight excluding hydrogens is 693 g/mol. The first-order chi connectivity index (χ1) is 23.4. The fourth-order valence-corrected chi connectivity index (χ4v) is 7.87. The summed E-state index contributed by atoms with van der Waals surface area (Å²) < 4.78 is 46.8. The number of carbonyl (C=O) groups excluding carboxylic acids is 2. The molecule has 4 aromatic heterocycles. The van der Waals surface area contributed by atoms with Crippen LogP contribution in [-0.2, 0) is 4.74 Å². The monoisotopic (exact) mass is 728 g/mol. The lowest BCUT2D eigenvalue weighted by Gasteiger charge is -2.65. The van der Waals surface area contributed by atoms with Crippen molar-refractivity contribution in [1.82, 2.24) is 29.5 Å². The number of hydrogen-bond donors (Lipinski definition) is 0. The summed E-state index contributed by atoms with van der Waals surface area (Å²) in [7, 11) is 0. The number of nitrogens with zero attached hydrogens (tertiary/aromatic N) is 6. The molecule has 0 amide bonds. The number of ether oxygens (including phenoxy) is 3. The van der Waals surface area contributed by atoms with E-state index in [-0.39, 0.29) is 32.5 Å². The van der Waals surface area contributed by atoms with Gasteiger partial charge in [-0.2, -0.15) is 0 Å². The Hall–Kier alpha value is -4.10. The van der Waals surface area contributed by atoms with E-state index in [4.69, 9.17) is 37.4 Å². The van der Waals surface area contributed by atoms with Crippen LogP contribution in [-0.4, -0.2) is 71.4 Å². The van der Waals surface area contributed by atoms with Crippen molar-refractivity contribution in [3.63, 3.8) is 0 Å². The lowest BCUT2D eigenvalue weighted by Crippen LogP contribution is -2.66. The van der Waals surface area contributed by atoms with Crippen molar-refractivity contribution in [3.8, 4) is 23.4 Å². The van der Waals surface area contributed by atoms with E-state index in [1.165, 1.54) is 16.3 Å². The highest BCUT2D eigenvalue weighted by atomic mass is 35.5. The van der Waals surface area contributed by atoms with Crippen LogP contribution in [0.1, 0.15) is 86.9 Å². The number of alkyl halides is 2. The summed E-state index contributed by atoms with van der Waals surface area (Å²) >= 11 is 12.2. The summed E-state index contributed by atoms with van der Waals surface area (Å²) in [6, 6.07) is 9.93. The van der Waals surface area contributed by atoms with Gasteiger partial charge in [-0.3, -0.25) is 4.79 Å². The Morgan fingerprint density at radius 3 is 1.52 bits per heavy atom. The number of pyridine rings is 2. The Morgan fingerprint density at radius 2 is 1.16 bits per heavy atom. The van der Waals surface area contributed by atoms with Crippen LogP contribution in [0.2, 0.25) is 10.3 Å². The summed E-state index contributed by atoms with van der Waals surface area (Å²) in [5.74, 6) is 1.21. The van der Waals surface area contributed by atoms with Crippen molar-refractivity contribution in [2.75, 3.05) is 13.2 Å². The molecule has 0 aliphatic heterocycles. The molecule has 4 heterocycles. The maximum atomic E-state index is 13.6. The van der Waals surface area contributed by atoms with Crippen molar-refractivity contribution in [3.05, 3.63) is 70.2 Å². The second kappa shape index (κ2) is 12.0. The molecule has 4 bridgehead atoms. The minimum absolute atomic E-state index is 0.00481. The maximum absolute atomic E-state index is 13.6. The van der Waals surface area contributed by atoms with Gasteiger partial charge in [0.2, 0.25) is 11.8 Å². The predicted molar refractivity (Wildman–Crippen MR) is 179 cm³/mol. The SMILES string of the molecule is CC(=O)c1ccc(-n2ccc(OCC34CC(F)(C3)C4)n2)nc1Cl.CC(C)(C)OC(=O)c1ccc(-n2ccc(OCC34CC(F)(C3)C4)n2)nc1Cl. The normalized spacial score (nSPS) is 27.0. The van der Waals surface area contributed by atoms with Crippen LogP contribution in [0.5, 0.6) is 11.8 Å². The Balaban J connectivity index is 0.000000159. The van der Waals surface area contributed by atoms with Gasteiger partial charge >= 0.3 is 5.97 Å². The van der Waals surface area contributed by atoms with Crippen LogP contribution < -0.4 is 9.47 Å². The molecule has 0 atom stereocenters. The van der Waals surface area contributed by atoms with Gasteiger partial charge in [0.25, 0.3) is 0 Å². The highest BCUT2D eigenvalue weighted by Crippen LogP contribution is 2.70. The van der Waals surface area contributed by atoms with E-state index in [2.05, 4.69) is 20.2 Å². The molecule has 0 radical (unpaired) electrons. The third kappa shape index (κ3) is 6.81. The van der Waals surface area contributed by atoms with E-state index in [0.717, 1.165) is 0 Å². The standard InChI is InChI=1S/C19H21ClFN3O3.C16H15ClFN3O2/c1-17(2,3)27-16(25)12-4-5-13(22-15(12)20)24-7-6-14(23-24)26-11-18-8-19(21,9-18)10-18;1-10(22)11-2-3-12(19-14(11)17)21-5-4-13(20-21)23-9-15-6-16(18,7-15)8-15/h4-7H,8-11H2,1-3H3;2-5H,6-9H2,1H3. The Labute approximate surface area is 297 Å². The number of hydrogen-bond acceptors (Lipinski definition) is 9. The Morgan fingerprint density at radius 1 is 0.740 bits per heavy atom. The lowest BCUT2D eigenvalue weighted by molar-refractivity contribution is -0.226. The third-order valence-corrected chi connectivity index (χ3v) is 10.0. The number of rotatable bonds is 10. The Bertz CT molecular complexity index is 1950. The molecule has 0 aromatic carbocycles. The number of halogens is 4. The van der Waals surface area contributed by atoms with E-state index in [0.29, 0.717) is 80.7 Å². The third-order valence-electron chi connectivity index (χ3n) is 9.47. The van der Waals surface area contributed by atoms with E-state index >= 15 is 0 Å². The maximum Gasteiger partial charge on any atom is 0.341 e. The van der Waals surface area contributed by atoms with Gasteiger partial charge < -0.3 is 14.2 Å². The van der Waals surface area contributed by atoms with Crippen LogP contribution in [0.25, 0.3) is 11.6 Å². The molecule has 264 valence electrons. The molecule has 6 fully saturated rings. The molecule has 6 aliphatic carbocycles. The average Bonchev–Trinajstić information content (AvgIpc) is 3.65. The fourth-order valence-electron chi connectivity index (χ4n) is 7.36. The van der Waals surface area contributed by atoms with Crippen LogP contribution in [0.15, 0.2) is 48.8 Å². The first-order valence-electron chi connectivity index (χ1n) is 16.3. The number of carbonyl (C=O) groups is 2. The zero-order valence-electron chi connectivity index (χ0n) is 28.0. The first-order valence-corrected chi connectivity index (χ1v) is 17.0. The molecule has 10 rings (SSSR count). The van der Waals surface area contributed by atoms with Gasteiger partial charge in [0.05, 0.1) is 24.3 Å². The van der Waals surface area contributed by atoms with Crippen molar-refractivity contribution < 1.29 is 32.6 Å². The second-order valence-electron chi connectivity index (χ2n) is 15.2. The van der Waals surface area contributed by atoms with Crippen molar-refractivity contribution in [1.29, 1.82) is 0 Å². The van der Waals surface area contributed by atoms with Gasteiger partial charge in [0, 0.05) is 35.4 Å². The summed E-state index contributed by atoms with van der Waals surface area (Å²) in [5, 5.41) is 8.79. The van der Waals surface area contributed by atoms with Gasteiger partial charge in [-0.1, -0.05) is 23.2 Å². The zero-order chi connectivity index (χ0) is 35.7. The lowest BCUT2D eigenvalue weighted by atomic mass is 9.43.